The van der Waals surface area contributed by atoms with Gasteiger partial charge in [0.1, 0.15) is 5.60 Å². The van der Waals surface area contributed by atoms with Crippen molar-refractivity contribution in [1.29, 1.82) is 0 Å². The minimum Gasteiger partial charge on any atom is -0.383 e. The van der Waals surface area contributed by atoms with Crippen LogP contribution in [-0.4, -0.2) is 40.7 Å². The summed E-state index contributed by atoms with van der Waals surface area (Å²) < 4.78 is 12.2. The molecular weight excluding hydrogens is 366 g/mol. The average Bonchev–Trinajstić information content (AvgIpc) is 3.16. The second-order valence-electron chi connectivity index (χ2n) is 6.15. The Morgan fingerprint density at radius 1 is 1.23 bits per heavy atom. The molecule has 0 amide bonds. The summed E-state index contributed by atoms with van der Waals surface area (Å²) in [5.74, 6) is 1.73. The largest absolute Gasteiger partial charge is 0.383 e. The molecule has 0 fully saturated rings. The molecule has 142 valence electrons. The van der Waals surface area contributed by atoms with Gasteiger partial charge in [-0.2, -0.15) is 0 Å². The molecule has 0 spiro atoms. The van der Waals surface area contributed by atoms with Crippen LogP contribution >= 0.6 is 11.3 Å². The van der Waals surface area contributed by atoms with Crippen LogP contribution < -0.4 is 10.6 Å². The van der Waals surface area contributed by atoms with Crippen LogP contribution in [0.3, 0.4) is 0 Å². The van der Waals surface area contributed by atoms with E-state index in [0.717, 1.165) is 17.0 Å². The molecule has 0 bridgehead atoms. The van der Waals surface area contributed by atoms with Gasteiger partial charge in [-0.3, -0.25) is 4.21 Å². The number of aliphatic hydroxyl groups is 1. The Kier molecular flexibility index (Phi) is 8.28. The first-order chi connectivity index (χ1) is 12.5. The number of hydrogen-bond acceptors (Lipinski definition) is 4. The van der Waals surface area contributed by atoms with Crippen LogP contribution in [-0.2, 0) is 22.2 Å². The average molecular weight is 394 g/mol. The van der Waals surface area contributed by atoms with Crippen molar-refractivity contribution in [2.45, 2.75) is 25.2 Å². The van der Waals surface area contributed by atoms with Gasteiger partial charge in [0.15, 0.2) is 5.96 Å². The zero-order valence-corrected chi connectivity index (χ0v) is 16.9. The van der Waals surface area contributed by atoms with Crippen molar-refractivity contribution < 1.29 is 9.32 Å². The number of benzene rings is 1. The Balaban J connectivity index is 1.82. The van der Waals surface area contributed by atoms with Crippen LogP contribution in [0, 0.1) is 0 Å². The predicted molar refractivity (Wildman–Crippen MR) is 111 cm³/mol. The van der Waals surface area contributed by atoms with Crippen LogP contribution in [0.4, 0.5) is 0 Å². The van der Waals surface area contributed by atoms with Gasteiger partial charge in [-0.05, 0) is 30.9 Å². The second kappa shape index (κ2) is 10.4. The summed E-state index contributed by atoms with van der Waals surface area (Å²) >= 11 is 1.52. The topological polar surface area (TPSA) is 73.7 Å². The zero-order valence-electron chi connectivity index (χ0n) is 15.3. The van der Waals surface area contributed by atoms with E-state index in [2.05, 4.69) is 15.6 Å². The van der Waals surface area contributed by atoms with Crippen molar-refractivity contribution in [3.05, 3.63) is 58.3 Å². The lowest BCUT2D eigenvalue weighted by molar-refractivity contribution is 0.0711. The summed E-state index contributed by atoms with van der Waals surface area (Å²) in [6.07, 6.45) is 0. The van der Waals surface area contributed by atoms with E-state index in [1.54, 1.807) is 6.92 Å². The van der Waals surface area contributed by atoms with Gasteiger partial charge in [-0.25, -0.2) is 4.99 Å². The monoisotopic (exact) mass is 393 g/mol. The molecule has 7 heteroatoms. The van der Waals surface area contributed by atoms with Crippen molar-refractivity contribution >= 4 is 28.1 Å². The molecule has 3 N–H and O–H groups in total. The molecule has 2 unspecified atom stereocenters. The summed E-state index contributed by atoms with van der Waals surface area (Å²) in [5.41, 5.74) is 0.0884. The number of aliphatic imine (C=N–C) groups is 1. The molecule has 0 saturated carbocycles. The number of hydrogen-bond donors (Lipinski definition) is 3. The Bertz CT molecular complexity index is 701. The molecular formula is C19H27N3O2S2. The normalized spacial score (nSPS) is 15.3. The second-order valence-corrected chi connectivity index (χ2v) is 8.67. The van der Waals surface area contributed by atoms with Gasteiger partial charge >= 0.3 is 0 Å². The smallest absolute Gasteiger partial charge is 0.191 e. The lowest BCUT2D eigenvalue weighted by Crippen LogP contribution is -2.40. The highest BCUT2D eigenvalue weighted by molar-refractivity contribution is 7.84. The Morgan fingerprint density at radius 2 is 2.00 bits per heavy atom. The molecule has 26 heavy (non-hydrogen) atoms. The predicted octanol–water partition coefficient (Wildman–Crippen LogP) is 2.46. The molecule has 0 saturated heterocycles. The molecule has 1 aromatic carbocycles. The Hall–Kier alpha value is -1.70. The van der Waals surface area contributed by atoms with E-state index in [9.17, 15) is 9.32 Å². The first-order valence-corrected chi connectivity index (χ1v) is 11.1. The third-order valence-corrected chi connectivity index (χ3v) is 6.17. The molecule has 5 nitrogen and oxygen atoms in total. The summed E-state index contributed by atoms with van der Waals surface area (Å²) in [6.45, 7) is 5.30. The lowest BCUT2D eigenvalue weighted by atomic mass is 10.1. The van der Waals surface area contributed by atoms with Gasteiger partial charge in [-0.15, -0.1) is 11.3 Å². The number of thiophene rings is 1. The van der Waals surface area contributed by atoms with Gasteiger partial charge in [-0.1, -0.05) is 36.4 Å². The highest BCUT2D eigenvalue weighted by Crippen LogP contribution is 2.25. The highest BCUT2D eigenvalue weighted by Gasteiger charge is 2.23. The van der Waals surface area contributed by atoms with E-state index in [4.69, 9.17) is 0 Å². The van der Waals surface area contributed by atoms with Gasteiger partial charge in [0.25, 0.3) is 0 Å². The van der Waals surface area contributed by atoms with Crippen molar-refractivity contribution in [2.75, 3.05) is 25.4 Å². The summed E-state index contributed by atoms with van der Waals surface area (Å²) in [5, 5.41) is 18.9. The van der Waals surface area contributed by atoms with Crippen LogP contribution in [0.1, 0.15) is 24.3 Å². The minimum absolute atomic E-state index is 0.260. The van der Waals surface area contributed by atoms with Crippen molar-refractivity contribution in [3.8, 4) is 0 Å². The maximum absolute atomic E-state index is 12.2. The molecule has 1 heterocycles. The SMILES string of the molecule is CCNC(=NCC(C)(O)c1cccs1)NCCS(=O)Cc1ccccc1. The fraction of sp³-hybridized carbons (Fsp3) is 0.421. The van der Waals surface area contributed by atoms with E-state index in [1.807, 2.05) is 54.8 Å². The van der Waals surface area contributed by atoms with Crippen LogP contribution in [0.2, 0.25) is 0 Å². The maximum atomic E-state index is 12.2. The van der Waals surface area contributed by atoms with E-state index in [1.165, 1.54) is 11.3 Å². The molecule has 0 aliphatic carbocycles. The van der Waals surface area contributed by atoms with Gasteiger partial charge in [0, 0.05) is 40.3 Å². The lowest BCUT2D eigenvalue weighted by Gasteiger charge is -2.20. The quantitative estimate of drug-likeness (QED) is 0.452. The van der Waals surface area contributed by atoms with E-state index in [0.29, 0.717) is 24.0 Å². The highest BCUT2D eigenvalue weighted by atomic mass is 32.2. The number of rotatable bonds is 9. The van der Waals surface area contributed by atoms with Gasteiger partial charge in [0.2, 0.25) is 0 Å². The number of guanidine groups is 1. The molecule has 2 rings (SSSR count). The third kappa shape index (κ3) is 6.90. The first-order valence-electron chi connectivity index (χ1n) is 8.68. The number of nitrogens with zero attached hydrogens (tertiary/aromatic N) is 1. The molecule has 1 aromatic heterocycles. The molecule has 0 aliphatic rings. The fourth-order valence-electron chi connectivity index (χ4n) is 2.35. The third-order valence-electron chi connectivity index (χ3n) is 3.73. The van der Waals surface area contributed by atoms with Crippen LogP contribution in [0.25, 0.3) is 0 Å². The first kappa shape index (κ1) is 20.6. The standard InChI is InChI=1S/C19H27N3O2S2/c1-3-20-18(22-15-19(2,23)17-10-7-12-25-17)21-11-13-26(24)14-16-8-5-4-6-9-16/h4-10,12,23H,3,11,13-15H2,1-2H3,(H2,20,21,22). The van der Waals surface area contributed by atoms with E-state index in [-0.39, 0.29) is 6.54 Å². The Labute approximate surface area is 162 Å². The van der Waals surface area contributed by atoms with E-state index >= 15 is 0 Å². The maximum Gasteiger partial charge on any atom is 0.191 e. The van der Waals surface area contributed by atoms with Gasteiger partial charge in [0.05, 0.1) is 6.54 Å². The molecule has 2 atom stereocenters. The van der Waals surface area contributed by atoms with Gasteiger partial charge < -0.3 is 15.7 Å². The zero-order chi connectivity index (χ0) is 18.8. The van der Waals surface area contributed by atoms with Crippen LogP contribution in [0.15, 0.2) is 52.8 Å². The van der Waals surface area contributed by atoms with E-state index < -0.39 is 16.4 Å². The molecule has 2 aromatic rings. The van der Waals surface area contributed by atoms with Crippen molar-refractivity contribution in [1.82, 2.24) is 10.6 Å². The van der Waals surface area contributed by atoms with Crippen LogP contribution in [0.5, 0.6) is 0 Å². The molecule has 0 aliphatic heterocycles. The number of nitrogens with one attached hydrogen (secondary N) is 2. The van der Waals surface area contributed by atoms with Crippen molar-refractivity contribution in [2.24, 2.45) is 4.99 Å². The Morgan fingerprint density at radius 3 is 2.65 bits per heavy atom. The minimum atomic E-state index is -0.993. The summed E-state index contributed by atoms with van der Waals surface area (Å²) in [4.78, 5) is 5.36. The summed E-state index contributed by atoms with van der Waals surface area (Å²) in [7, 11) is -0.930. The van der Waals surface area contributed by atoms with Crippen molar-refractivity contribution in [3.63, 3.8) is 0 Å². The fourth-order valence-corrected chi connectivity index (χ4v) is 4.17. The summed E-state index contributed by atoms with van der Waals surface area (Å²) in [6, 6.07) is 13.7. The molecule has 0 radical (unpaired) electrons.